The predicted molar refractivity (Wildman–Crippen MR) is 78.8 cm³/mol. The molecule has 0 saturated carbocycles. The van der Waals surface area contributed by atoms with Crippen molar-refractivity contribution in [2.24, 2.45) is 7.05 Å². The minimum atomic E-state index is 0.729. The Balaban J connectivity index is 2.77. The molecule has 0 atom stereocenters. The molecule has 0 saturated heterocycles. The second kappa shape index (κ2) is 5.41. The second-order valence-electron chi connectivity index (χ2n) is 4.72. The van der Waals surface area contributed by atoms with Crippen LogP contribution < -0.4 is 9.47 Å². The van der Waals surface area contributed by atoms with Gasteiger partial charge in [-0.1, -0.05) is 0 Å². The standard InChI is InChI=1S/C16H19NO3/c1-10-14(9-18)11(2)17(3)16(10)13-8-12(19-4)6-7-15(13)20-5/h6-9H,1-5H3. The minimum Gasteiger partial charge on any atom is -0.497 e. The van der Waals surface area contributed by atoms with Gasteiger partial charge in [-0.25, -0.2) is 0 Å². The van der Waals surface area contributed by atoms with Crippen molar-refractivity contribution in [1.29, 1.82) is 0 Å². The number of carbonyl (C=O) groups is 1. The average molecular weight is 273 g/mol. The van der Waals surface area contributed by atoms with Crippen LogP contribution in [0.1, 0.15) is 21.6 Å². The Morgan fingerprint density at radius 1 is 1.15 bits per heavy atom. The van der Waals surface area contributed by atoms with E-state index in [9.17, 15) is 4.79 Å². The van der Waals surface area contributed by atoms with Crippen molar-refractivity contribution in [2.75, 3.05) is 14.2 Å². The first kappa shape index (κ1) is 14.2. The molecule has 2 rings (SSSR count). The van der Waals surface area contributed by atoms with E-state index in [4.69, 9.17) is 9.47 Å². The molecule has 0 aliphatic rings. The number of rotatable bonds is 4. The Hall–Kier alpha value is -2.23. The van der Waals surface area contributed by atoms with E-state index in [1.807, 2.05) is 43.7 Å². The van der Waals surface area contributed by atoms with Crippen molar-refractivity contribution in [2.45, 2.75) is 13.8 Å². The average Bonchev–Trinajstić information content (AvgIpc) is 2.68. The van der Waals surface area contributed by atoms with Gasteiger partial charge in [-0.05, 0) is 37.6 Å². The van der Waals surface area contributed by atoms with Crippen LogP contribution in [0.15, 0.2) is 18.2 Å². The van der Waals surface area contributed by atoms with Crippen LogP contribution >= 0.6 is 0 Å². The van der Waals surface area contributed by atoms with E-state index in [1.54, 1.807) is 14.2 Å². The van der Waals surface area contributed by atoms with Crippen molar-refractivity contribution in [3.05, 3.63) is 35.0 Å². The molecule has 0 spiro atoms. The lowest BCUT2D eigenvalue weighted by Gasteiger charge is -2.13. The van der Waals surface area contributed by atoms with E-state index < -0.39 is 0 Å². The van der Waals surface area contributed by atoms with E-state index in [-0.39, 0.29) is 0 Å². The molecule has 0 unspecified atom stereocenters. The highest BCUT2D eigenvalue weighted by molar-refractivity contribution is 5.86. The molecule has 0 amide bonds. The van der Waals surface area contributed by atoms with Gasteiger partial charge >= 0.3 is 0 Å². The van der Waals surface area contributed by atoms with Crippen LogP contribution in [-0.2, 0) is 7.05 Å². The molecule has 20 heavy (non-hydrogen) atoms. The molecule has 4 nitrogen and oxygen atoms in total. The normalized spacial score (nSPS) is 10.4. The Labute approximate surface area is 118 Å². The number of hydrogen-bond acceptors (Lipinski definition) is 3. The number of methoxy groups -OCH3 is 2. The third-order valence-electron chi connectivity index (χ3n) is 3.77. The molecular weight excluding hydrogens is 254 g/mol. The predicted octanol–water partition coefficient (Wildman–Crippen LogP) is 3.14. The third-order valence-corrected chi connectivity index (χ3v) is 3.77. The number of hydrogen-bond donors (Lipinski definition) is 0. The fraction of sp³-hybridized carbons (Fsp3) is 0.312. The molecule has 0 N–H and O–H groups in total. The number of aromatic nitrogens is 1. The summed E-state index contributed by atoms with van der Waals surface area (Å²) in [6.07, 6.45) is 0.904. The van der Waals surface area contributed by atoms with Gasteiger partial charge in [0.25, 0.3) is 0 Å². The molecule has 2 aromatic rings. The van der Waals surface area contributed by atoms with Crippen molar-refractivity contribution >= 4 is 6.29 Å². The van der Waals surface area contributed by atoms with E-state index in [2.05, 4.69) is 0 Å². The first-order valence-corrected chi connectivity index (χ1v) is 6.38. The number of ether oxygens (including phenoxy) is 2. The molecule has 1 heterocycles. The zero-order valence-electron chi connectivity index (χ0n) is 12.5. The highest BCUT2D eigenvalue weighted by atomic mass is 16.5. The van der Waals surface area contributed by atoms with Crippen molar-refractivity contribution < 1.29 is 14.3 Å². The molecule has 4 heteroatoms. The number of aldehydes is 1. The van der Waals surface area contributed by atoms with Gasteiger partial charge in [-0.2, -0.15) is 0 Å². The monoisotopic (exact) mass is 273 g/mol. The van der Waals surface area contributed by atoms with Crippen LogP contribution in [0, 0.1) is 13.8 Å². The fourth-order valence-corrected chi connectivity index (χ4v) is 2.55. The van der Waals surface area contributed by atoms with Crippen molar-refractivity contribution in [3.63, 3.8) is 0 Å². The zero-order chi connectivity index (χ0) is 14.9. The molecule has 0 fully saturated rings. The maximum atomic E-state index is 11.3. The van der Waals surface area contributed by atoms with Crippen molar-refractivity contribution in [3.8, 4) is 22.8 Å². The maximum absolute atomic E-state index is 11.3. The quantitative estimate of drug-likeness (QED) is 0.803. The van der Waals surface area contributed by atoms with Crippen LogP contribution in [0.2, 0.25) is 0 Å². The van der Waals surface area contributed by atoms with Gasteiger partial charge in [-0.3, -0.25) is 4.79 Å². The highest BCUT2D eigenvalue weighted by Gasteiger charge is 2.19. The Kier molecular flexibility index (Phi) is 3.84. The topological polar surface area (TPSA) is 40.5 Å². The third kappa shape index (κ3) is 2.07. The van der Waals surface area contributed by atoms with Gasteiger partial charge in [-0.15, -0.1) is 0 Å². The van der Waals surface area contributed by atoms with Gasteiger partial charge in [0.05, 0.1) is 19.9 Å². The summed E-state index contributed by atoms with van der Waals surface area (Å²) >= 11 is 0. The van der Waals surface area contributed by atoms with E-state index >= 15 is 0 Å². The van der Waals surface area contributed by atoms with Gasteiger partial charge in [0, 0.05) is 23.9 Å². The van der Waals surface area contributed by atoms with Crippen LogP contribution in [0.4, 0.5) is 0 Å². The van der Waals surface area contributed by atoms with Gasteiger partial charge in [0.2, 0.25) is 0 Å². The zero-order valence-corrected chi connectivity index (χ0v) is 12.5. The Morgan fingerprint density at radius 2 is 1.85 bits per heavy atom. The summed E-state index contributed by atoms with van der Waals surface area (Å²) in [5, 5.41) is 0. The van der Waals surface area contributed by atoms with Crippen molar-refractivity contribution in [1.82, 2.24) is 4.57 Å². The molecular formula is C16H19NO3. The van der Waals surface area contributed by atoms with Crippen LogP contribution in [-0.4, -0.2) is 25.1 Å². The van der Waals surface area contributed by atoms with Gasteiger partial charge in [0.15, 0.2) is 6.29 Å². The lowest BCUT2D eigenvalue weighted by molar-refractivity contribution is 0.112. The number of nitrogens with zero attached hydrogens (tertiary/aromatic N) is 1. The first-order valence-electron chi connectivity index (χ1n) is 6.38. The molecule has 0 radical (unpaired) electrons. The summed E-state index contributed by atoms with van der Waals surface area (Å²) in [6.45, 7) is 3.89. The summed E-state index contributed by atoms with van der Waals surface area (Å²) in [5.74, 6) is 1.51. The Bertz CT molecular complexity index is 656. The molecule has 0 aliphatic heterocycles. The molecule has 106 valence electrons. The van der Waals surface area contributed by atoms with Crippen LogP contribution in [0.3, 0.4) is 0 Å². The lowest BCUT2D eigenvalue weighted by atomic mass is 10.0. The van der Waals surface area contributed by atoms with E-state index in [0.717, 1.165) is 45.9 Å². The maximum Gasteiger partial charge on any atom is 0.152 e. The van der Waals surface area contributed by atoms with Gasteiger partial charge in [0.1, 0.15) is 11.5 Å². The summed E-state index contributed by atoms with van der Waals surface area (Å²) in [7, 11) is 5.21. The fourth-order valence-electron chi connectivity index (χ4n) is 2.55. The Morgan fingerprint density at radius 3 is 2.35 bits per heavy atom. The summed E-state index contributed by atoms with van der Waals surface area (Å²) < 4.78 is 12.7. The molecule has 1 aromatic heterocycles. The number of carbonyl (C=O) groups excluding carboxylic acids is 1. The van der Waals surface area contributed by atoms with Crippen LogP contribution in [0.5, 0.6) is 11.5 Å². The molecule has 0 bridgehead atoms. The van der Waals surface area contributed by atoms with E-state index in [1.165, 1.54) is 0 Å². The summed E-state index contributed by atoms with van der Waals surface area (Å²) in [6, 6.07) is 5.65. The number of benzene rings is 1. The smallest absolute Gasteiger partial charge is 0.152 e. The largest absolute Gasteiger partial charge is 0.497 e. The minimum absolute atomic E-state index is 0.729. The van der Waals surface area contributed by atoms with Gasteiger partial charge < -0.3 is 14.0 Å². The summed E-state index contributed by atoms with van der Waals surface area (Å²) in [4.78, 5) is 11.3. The molecule has 0 aliphatic carbocycles. The lowest BCUT2D eigenvalue weighted by Crippen LogP contribution is -1.98. The second-order valence-corrected chi connectivity index (χ2v) is 4.72. The molecule has 1 aromatic carbocycles. The summed E-state index contributed by atoms with van der Waals surface area (Å²) in [5.41, 5.74) is 4.51. The highest BCUT2D eigenvalue weighted by Crippen LogP contribution is 2.37. The van der Waals surface area contributed by atoms with Crippen LogP contribution in [0.25, 0.3) is 11.3 Å². The van der Waals surface area contributed by atoms with E-state index in [0.29, 0.717) is 0 Å². The SMILES string of the molecule is COc1ccc(OC)c(-c2c(C)c(C=O)c(C)n2C)c1. The first-order chi connectivity index (χ1) is 9.54.